The van der Waals surface area contributed by atoms with E-state index in [0.29, 0.717) is 25.6 Å². The number of nitrogens with zero attached hydrogens (tertiary/aromatic N) is 1. The van der Waals surface area contributed by atoms with Crippen LogP contribution in [0.4, 0.5) is 0 Å². The predicted molar refractivity (Wildman–Crippen MR) is 58.2 cm³/mol. The van der Waals surface area contributed by atoms with Crippen LogP contribution in [0.5, 0.6) is 5.88 Å². The molecule has 1 aliphatic heterocycles. The Morgan fingerprint density at radius 1 is 1.62 bits per heavy atom. The van der Waals surface area contributed by atoms with Gasteiger partial charge in [-0.2, -0.15) is 0 Å². The van der Waals surface area contributed by atoms with Crippen LogP contribution in [-0.2, 0) is 11.3 Å². The largest absolute Gasteiger partial charge is 0.481 e. The summed E-state index contributed by atoms with van der Waals surface area (Å²) < 4.78 is 10.3. The topological polar surface area (TPSA) is 63.6 Å². The number of ether oxygens (including phenoxy) is 2. The van der Waals surface area contributed by atoms with E-state index in [1.54, 1.807) is 13.3 Å². The van der Waals surface area contributed by atoms with E-state index >= 15 is 0 Å². The van der Waals surface area contributed by atoms with E-state index < -0.39 is 6.10 Å². The molecule has 0 aliphatic carbocycles. The van der Waals surface area contributed by atoms with Crippen LogP contribution in [0.1, 0.15) is 5.56 Å². The van der Waals surface area contributed by atoms with Gasteiger partial charge in [0.25, 0.3) is 0 Å². The maximum Gasteiger partial charge on any atom is 0.217 e. The van der Waals surface area contributed by atoms with E-state index in [0.717, 1.165) is 5.56 Å². The van der Waals surface area contributed by atoms with Gasteiger partial charge in [-0.25, -0.2) is 4.98 Å². The van der Waals surface area contributed by atoms with Gasteiger partial charge >= 0.3 is 0 Å². The standard InChI is InChI=1S/C11H16N2O3/c1-15-11-8(3-2-4-12-11)5-13-9-6-16-7-10(9)14/h2-4,9-10,13-14H,5-7H2,1H3. The average Bonchev–Trinajstić information content (AvgIpc) is 2.72. The van der Waals surface area contributed by atoms with Gasteiger partial charge in [-0.15, -0.1) is 0 Å². The van der Waals surface area contributed by atoms with E-state index in [-0.39, 0.29) is 6.04 Å². The van der Waals surface area contributed by atoms with E-state index in [4.69, 9.17) is 9.47 Å². The fourth-order valence-electron chi connectivity index (χ4n) is 1.72. The van der Waals surface area contributed by atoms with Crippen LogP contribution in [0.2, 0.25) is 0 Å². The van der Waals surface area contributed by atoms with E-state index in [1.807, 2.05) is 12.1 Å². The molecule has 0 spiro atoms. The molecule has 1 fully saturated rings. The van der Waals surface area contributed by atoms with Gasteiger partial charge in [-0.3, -0.25) is 0 Å². The van der Waals surface area contributed by atoms with Gasteiger partial charge < -0.3 is 19.9 Å². The molecule has 1 aliphatic rings. The molecular formula is C11H16N2O3. The number of nitrogens with one attached hydrogen (secondary N) is 1. The van der Waals surface area contributed by atoms with E-state index in [9.17, 15) is 5.11 Å². The number of hydrogen-bond donors (Lipinski definition) is 2. The number of aliphatic hydroxyl groups is 1. The lowest BCUT2D eigenvalue weighted by Gasteiger charge is -2.15. The molecule has 1 aromatic rings. The van der Waals surface area contributed by atoms with Crippen molar-refractivity contribution in [2.75, 3.05) is 20.3 Å². The van der Waals surface area contributed by atoms with Crippen LogP contribution in [0.3, 0.4) is 0 Å². The SMILES string of the molecule is COc1ncccc1CNC1COCC1O. The molecule has 2 N–H and O–H groups in total. The molecule has 2 rings (SSSR count). The van der Waals surface area contributed by atoms with Gasteiger partial charge in [0.1, 0.15) is 0 Å². The predicted octanol–water partition coefficient (Wildman–Crippen LogP) is -0.0605. The van der Waals surface area contributed by atoms with Crippen molar-refractivity contribution in [2.45, 2.75) is 18.7 Å². The number of pyridine rings is 1. The number of methoxy groups -OCH3 is 1. The molecule has 2 unspecified atom stereocenters. The molecule has 0 aromatic carbocycles. The van der Waals surface area contributed by atoms with E-state index in [1.165, 1.54) is 0 Å². The first-order chi connectivity index (χ1) is 7.81. The number of hydrogen-bond acceptors (Lipinski definition) is 5. The fraction of sp³-hybridized carbons (Fsp3) is 0.545. The lowest BCUT2D eigenvalue weighted by molar-refractivity contribution is 0.122. The van der Waals surface area contributed by atoms with Gasteiger partial charge in [-0.1, -0.05) is 6.07 Å². The normalized spacial score (nSPS) is 24.6. The summed E-state index contributed by atoms with van der Waals surface area (Å²) in [4.78, 5) is 4.11. The van der Waals surface area contributed by atoms with Gasteiger partial charge in [0.15, 0.2) is 0 Å². The highest BCUT2D eigenvalue weighted by Gasteiger charge is 2.25. The minimum absolute atomic E-state index is 0.00934. The minimum atomic E-state index is -0.428. The average molecular weight is 224 g/mol. The molecule has 5 nitrogen and oxygen atoms in total. The molecule has 16 heavy (non-hydrogen) atoms. The highest BCUT2D eigenvalue weighted by Crippen LogP contribution is 2.14. The smallest absolute Gasteiger partial charge is 0.217 e. The summed E-state index contributed by atoms with van der Waals surface area (Å²) >= 11 is 0. The molecule has 0 saturated carbocycles. The molecule has 88 valence electrons. The molecule has 0 bridgehead atoms. The summed E-state index contributed by atoms with van der Waals surface area (Å²) in [6.07, 6.45) is 1.26. The third-order valence-corrected chi connectivity index (χ3v) is 2.65. The number of aliphatic hydroxyl groups excluding tert-OH is 1. The highest BCUT2D eigenvalue weighted by molar-refractivity contribution is 5.25. The van der Waals surface area contributed by atoms with Crippen molar-refractivity contribution in [1.82, 2.24) is 10.3 Å². The third-order valence-electron chi connectivity index (χ3n) is 2.65. The monoisotopic (exact) mass is 224 g/mol. The zero-order chi connectivity index (χ0) is 11.4. The lowest BCUT2D eigenvalue weighted by atomic mass is 10.2. The molecular weight excluding hydrogens is 208 g/mol. The van der Waals surface area contributed by atoms with Crippen molar-refractivity contribution in [3.63, 3.8) is 0 Å². The van der Waals surface area contributed by atoms with Crippen molar-refractivity contribution >= 4 is 0 Å². The van der Waals surface area contributed by atoms with Gasteiger partial charge in [0, 0.05) is 18.3 Å². The first kappa shape index (κ1) is 11.3. The quantitative estimate of drug-likeness (QED) is 0.750. The summed E-state index contributed by atoms with van der Waals surface area (Å²) in [5.74, 6) is 0.614. The molecule has 1 aromatic heterocycles. The second kappa shape index (κ2) is 5.25. The third kappa shape index (κ3) is 2.49. The first-order valence-corrected chi connectivity index (χ1v) is 5.28. The molecule has 5 heteroatoms. The zero-order valence-corrected chi connectivity index (χ0v) is 9.22. The van der Waals surface area contributed by atoms with Crippen molar-refractivity contribution in [1.29, 1.82) is 0 Å². The van der Waals surface area contributed by atoms with Crippen molar-refractivity contribution in [3.05, 3.63) is 23.9 Å². The maximum atomic E-state index is 9.56. The molecule has 2 atom stereocenters. The Morgan fingerprint density at radius 3 is 3.19 bits per heavy atom. The summed E-state index contributed by atoms with van der Waals surface area (Å²) in [6.45, 7) is 1.56. The Kier molecular flexibility index (Phi) is 3.71. The summed E-state index contributed by atoms with van der Waals surface area (Å²) in [5.41, 5.74) is 0.976. The Hall–Kier alpha value is -1.17. The van der Waals surface area contributed by atoms with Crippen molar-refractivity contribution < 1.29 is 14.6 Å². The minimum Gasteiger partial charge on any atom is -0.481 e. The van der Waals surface area contributed by atoms with Gasteiger partial charge in [0.2, 0.25) is 5.88 Å². The Labute approximate surface area is 94.4 Å². The molecule has 0 radical (unpaired) electrons. The summed E-state index contributed by atoms with van der Waals surface area (Å²) in [6, 6.07) is 3.80. The van der Waals surface area contributed by atoms with Crippen molar-refractivity contribution in [3.8, 4) is 5.88 Å². The summed E-state index contributed by atoms with van der Waals surface area (Å²) in [7, 11) is 1.60. The molecule has 2 heterocycles. The molecule has 0 amide bonds. The molecule has 1 saturated heterocycles. The van der Waals surface area contributed by atoms with E-state index in [2.05, 4.69) is 10.3 Å². The Bertz CT molecular complexity index is 346. The maximum absolute atomic E-state index is 9.56. The fourth-order valence-corrected chi connectivity index (χ4v) is 1.72. The van der Waals surface area contributed by atoms with Crippen LogP contribution in [0.25, 0.3) is 0 Å². The summed E-state index contributed by atoms with van der Waals surface area (Å²) in [5, 5.41) is 12.8. The number of aromatic nitrogens is 1. The zero-order valence-electron chi connectivity index (χ0n) is 9.22. The van der Waals surface area contributed by atoms with Crippen LogP contribution in [-0.4, -0.2) is 42.6 Å². The first-order valence-electron chi connectivity index (χ1n) is 5.28. The van der Waals surface area contributed by atoms with Gasteiger partial charge in [0.05, 0.1) is 32.5 Å². The van der Waals surface area contributed by atoms with Crippen LogP contribution < -0.4 is 10.1 Å². The van der Waals surface area contributed by atoms with Crippen molar-refractivity contribution in [2.24, 2.45) is 0 Å². The Morgan fingerprint density at radius 2 is 2.50 bits per heavy atom. The highest BCUT2D eigenvalue weighted by atomic mass is 16.5. The lowest BCUT2D eigenvalue weighted by Crippen LogP contribution is -2.38. The van der Waals surface area contributed by atoms with Crippen LogP contribution >= 0.6 is 0 Å². The second-order valence-corrected chi connectivity index (χ2v) is 3.76. The van der Waals surface area contributed by atoms with Crippen LogP contribution in [0, 0.1) is 0 Å². The number of rotatable bonds is 4. The van der Waals surface area contributed by atoms with Crippen LogP contribution in [0.15, 0.2) is 18.3 Å². The Balaban J connectivity index is 1.93. The second-order valence-electron chi connectivity index (χ2n) is 3.76. The van der Waals surface area contributed by atoms with Gasteiger partial charge in [-0.05, 0) is 6.07 Å².